The van der Waals surface area contributed by atoms with Crippen LogP contribution in [0.25, 0.3) is 0 Å². The standard InChI is InChI=1S/C17H20N2S/c1-12-6-8-15(9-7-12)20-17-14(11-18)10-13-4-2-3-5-16(13)19-17/h6-10H,2-5,11,18H2,1H3. The maximum Gasteiger partial charge on any atom is 0.106 e. The predicted octanol–water partition coefficient (Wildman–Crippen LogP) is 3.88. The van der Waals surface area contributed by atoms with Crippen LogP contribution in [0.3, 0.4) is 0 Å². The summed E-state index contributed by atoms with van der Waals surface area (Å²) >= 11 is 1.73. The largest absolute Gasteiger partial charge is 0.326 e. The molecule has 0 radical (unpaired) electrons. The van der Waals surface area contributed by atoms with Crippen molar-refractivity contribution >= 4 is 11.8 Å². The summed E-state index contributed by atoms with van der Waals surface area (Å²) in [4.78, 5) is 6.11. The van der Waals surface area contributed by atoms with E-state index in [1.165, 1.54) is 40.1 Å². The number of pyridine rings is 1. The number of aryl methyl sites for hydroxylation is 3. The second-order valence-electron chi connectivity index (χ2n) is 5.38. The average molecular weight is 284 g/mol. The lowest BCUT2D eigenvalue weighted by Gasteiger charge is -2.18. The van der Waals surface area contributed by atoms with Gasteiger partial charge in [0.2, 0.25) is 0 Å². The van der Waals surface area contributed by atoms with Gasteiger partial charge in [0.1, 0.15) is 5.03 Å². The zero-order valence-corrected chi connectivity index (χ0v) is 12.7. The molecule has 1 heterocycles. The highest BCUT2D eigenvalue weighted by atomic mass is 32.2. The van der Waals surface area contributed by atoms with Crippen molar-refractivity contribution in [2.24, 2.45) is 5.73 Å². The zero-order valence-electron chi connectivity index (χ0n) is 11.9. The van der Waals surface area contributed by atoms with Crippen LogP contribution in [0.5, 0.6) is 0 Å². The van der Waals surface area contributed by atoms with Crippen LogP contribution >= 0.6 is 11.8 Å². The summed E-state index contributed by atoms with van der Waals surface area (Å²) in [7, 11) is 0. The van der Waals surface area contributed by atoms with Gasteiger partial charge in [-0.25, -0.2) is 4.98 Å². The van der Waals surface area contributed by atoms with E-state index in [1.807, 2.05) is 0 Å². The Kier molecular flexibility index (Phi) is 4.08. The van der Waals surface area contributed by atoms with Gasteiger partial charge in [-0.15, -0.1) is 0 Å². The Morgan fingerprint density at radius 3 is 2.65 bits per heavy atom. The molecular formula is C17H20N2S. The van der Waals surface area contributed by atoms with Crippen molar-refractivity contribution in [2.75, 3.05) is 0 Å². The molecule has 0 saturated carbocycles. The predicted molar refractivity (Wildman–Crippen MR) is 84.1 cm³/mol. The van der Waals surface area contributed by atoms with E-state index in [0.29, 0.717) is 6.54 Å². The number of aromatic nitrogens is 1. The summed E-state index contributed by atoms with van der Waals surface area (Å²) in [5, 5.41) is 1.08. The van der Waals surface area contributed by atoms with Gasteiger partial charge >= 0.3 is 0 Å². The first-order valence-electron chi connectivity index (χ1n) is 7.22. The number of hydrogen-bond acceptors (Lipinski definition) is 3. The maximum atomic E-state index is 5.91. The van der Waals surface area contributed by atoms with Gasteiger partial charge in [0, 0.05) is 17.1 Å². The summed E-state index contributed by atoms with van der Waals surface area (Å²) in [5.41, 5.74) is 11.1. The van der Waals surface area contributed by atoms with Crippen molar-refractivity contribution in [3.63, 3.8) is 0 Å². The second kappa shape index (κ2) is 5.98. The second-order valence-corrected chi connectivity index (χ2v) is 6.45. The van der Waals surface area contributed by atoms with Crippen molar-refractivity contribution in [2.45, 2.75) is 49.1 Å². The number of nitrogens with two attached hydrogens (primary N) is 1. The quantitative estimate of drug-likeness (QED) is 0.929. The molecule has 0 spiro atoms. The van der Waals surface area contributed by atoms with Gasteiger partial charge in [0.25, 0.3) is 0 Å². The highest BCUT2D eigenvalue weighted by Gasteiger charge is 2.15. The lowest BCUT2D eigenvalue weighted by molar-refractivity contribution is 0.656. The fraction of sp³-hybridized carbons (Fsp3) is 0.353. The molecule has 2 N–H and O–H groups in total. The monoisotopic (exact) mass is 284 g/mol. The Morgan fingerprint density at radius 2 is 1.90 bits per heavy atom. The van der Waals surface area contributed by atoms with Gasteiger partial charge in [-0.1, -0.05) is 35.5 Å². The number of benzene rings is 1. The van der Waals surface area contributed by atoms with Crippen molar-refractivity contribution < 1.29 is 0 Å². The van der Waals surface area contributed by atoms with E-state index in [9.17, 15) is 0 Å². The van der Waals surface area contributed by atoms with Crippen molar-refractivity contribution in [1.82, 2.24) is 4.98 Å². The van der Waals surface area contributed by atoms with Gasteiger partial charge in [0.15, 0.2) is 0 Å². The van der Waals surface area contributed by atoms with Gasteiger partial charge < -0.3 is 5.73 Å². The Labute approximate surface area is 124 Å². The Bertz CT molecular complexity index is 605. The van der Waals surface area contributed by atoms with Crippen LogP contribution in [0.15, 0.2) is 40.3 Å². The molecule has 3 rings (SSSR count). The maximum absolute atomic E-state index is 5.91. The van der Waals surface area contributed by atoms with Gasteiger partial charge in [-0.2, -0.15) is 0 Å². The number of fused-ring (bicyclic) bond motifs is 1. The van der Waals surface area contributed by atoms with E-state index in [2.05, 4.69) is 37.3 Å². The molecule has 2 nitrogen and oxygen atoms in total. The van der Waals surface area contributed by atoms with E-state index in [-0.39, 0.29) is 0 Å². The molecule has 104 valence electrons. The molecule has 1 aliphatic carbocycles. The van der Waals surface area contributed by atoms with E-state index in [1.54, 1.807) is 11.8 Å². The van der Waals surface area contributed by atoms with Crippen molar-refractivity contribution in [1.29, 1.82) is 0 Å². The molecule has 0 bridgehead atoms. The van der Waals surface area contributed by atoms with Crippen LogP contribution < -0.4 is 5.73 Å². The van der Waals surface area contributed by atoms with E-state index in [0.717, 1.165) is 17.9 Å². The van der Waals surface area contributed by atoms with Gasteiger partial charge in [-0.05, 0) is 55.9 Å². The molecule has 1 aromatic heterocycles. The van der Waals surface area contributed by atoms with Crippen LogP contribution in [0.4, 0.5) is 0 Å². The van der Waals surface area contributed by atoms with Gasteiger partial charge in [0.05, 0.1) is 0 Å². The Morgan fingerprint density at radius 1 is 1.15 bits per heavy atom. The summed E-state index contributed by atoms with van der Waals surface area (Å²) in [6.45, 7) is 2.67. The first-order chi connectivity index (χ1) is 9.76. The third kappa shape index (κ3) is 2.89. The number of hydrogen-bond donors (Lipinski definition) is 1. The van der Waals surface area contributed by atoms with E-state index in [4.69, 9.17) is 10.7 Å². The average Bonchev–Trinajstić information content (AvgIpc) is 2.49. The minimum Gasteiger partial charge on any atom is -0.326 e. The van der Waals surface area contributed by atoms with Crippen LogP contribution in [0, 0.1) is 6.92 Å². The summed E-state index contributed by atoms with van der Waals surface area (Å²) in [6, 6.07) is 10.9. The molecule has 0 aliphatic heterocycles. The highest BCUT2D eigenvalue weighted by Crippen LogP contribution is 2.32. The molecule has 1 aliphatic rings. The van der Waals surface area contributed by atoms with Crippen LogP contribution in [-0.2, 0) is 19.4 Å². The molecule has 0 unspecified atom stereocenters. The zero-order chi connectivity index (χ0) is 13.9. The molecule has 0 amide bonds. The molecular weight excluding hydrogens is 264 g/mol. The fourth-order valence-electron chi connectivity index (χ4n) is 2.61. The normalized spacial score (nSPS) is 14.1. The molecule has 1 aromatic carbocycles. The number of nitrogens with zero attached hydrogens (tertiary/aromatic N) is 1. The number of rotatable bonds is 3. The summed E-state index contributed by atoms with van der Waals surface area (Å²) < 4.78 is 0. The van der Waals surface area contributed by atoms with Crippen molar-refractivity contribution in [3.05, 3.63) is 52.7 Å². The summed E-state index contributed by atoms with van der Waals surface area (Å²) in [6.07, 6.45) is 4.81. The Hall–Kier alpha value is -1.32. The SMILES string of the molecule is Cc1ccc(Sc2nc3c(cc2CN)CCCC3)cc1. The lowest BCUT2D eigenvalue weighted by Crippen LogP contribution is -2.10. The third-order valence-corrected chi connectivity index (χ3v) is 4.85. The molecule has 2 aromatic rings. The topological polar surface area (TPSA) is 38.9 Å². The minimum atomic E-state index is 0.564. The Balaban J connectivity index is 1.93. The smallest absolute Gasteiger partial charge is 0.106 e. The van der Waals surface area contributed by atoms with Crippen LogP contribution in [0.2, 0.25) is 0 Å². The first-order valence-corrected chi connectivity index (χ1v) is 8.04. The van der Waals surface area contributed by atoms with Crippen LogP contribution in [-0.4, -0.2) is 4.98 Å². The van der Waals surface area contributed by atoms with E-state index < -0.39 is 0 Å². The molecule has 3 heteroatoms. The fourth-order valence-corrected chi connectivity index (χ4v) is 3.54. The highest BCUT2D eigenvalue weighted by molar-refractivity contribution is 7.99. The van der Waals surface area contributed by atoms with E-state index >= 15 is 0 Å². The van der Waals surface area contributed by atoms with Crippen LogP contribution in [0.1, 0.15) is 35.2 Å². The lowest BCUT2D eigenvalue weighted by atomic mass is 9.95. The molecule has 0 saturated heterocycles. The summed E-state index contributed by atoms with van der Waals surface area (Å²) in [5.74, 6) is 0. The van der Waals surface area contributed by atoms with Gasteiger partial charge in [-0.3, -0.25) is 0 Å². The van der Waals surface area contributed by atoms with Crippen molar-refractivity contribution in [3.8, 4) is 0 Å². The molecule has 20 heavy (non-hydrogen) atoms. The first kappa shape index (κ1) is 13.7. The third-order valence-electron chi connectivity index (χ3n) is 3.80. The minimum absolute atomic E-state index is 0.564. The molecule has 0 atom stereocenters. The molecule has 0 fully saturated rings.